The minimum absolute atomic E-state index is 0.144. The summed E-state index contributed by atoms with van der Waals surface area (Å²) in [7, 11) is 0. The smallest absolute Gasteiger partial charge is 0.344 e. The Morgan fingerprint density at radius 2 is 1.79 bits per heavy atom. The summed E-state index contributed by atoms with van der Waals surface area (Å²) in [6.45, 7) is -0.351. The van der Waals surface area contributed by atoms with Gasteiger partial charge in [-0.15, -0.1) is 0 Å². The van der Waals surface area contributed by atoms with Gasteiger partial charge in [-0.2, -0.15) is 0 Å². The van der Waals surface area contributed by atoms with E-state index in [-0.39, 0.29) is 5.75 Å². The second-order valence-electron chi connectivity index (χ2n) is 5.77. The number of fused-ring (bicyclic) bond motifs is 1. The second kappa shape index (κ2) is 9.40. The highest BCUT2D eigenvalue weighted by molar-refractivity contribution is 6.02. The van der Waals surface area contributed by atoms with Gasteiger partial charge in [-0.25, -0.2) is 14.0 Å². The van der Waals surface area contributed by atoms with Crippen molar-refractivity contribution < 1.29 is 37.7 Å². The first-order valence-corrected chi connectivity index (χ1v) is 8.54. The molecule has 0 saturated carbocycles. The van der Waals surface area contributed by atoms with E-state index in [0.29, 0.717) is 30.4 Å². The van der Waals surface area contributed by atoms with Crippen LogP contribution in [0.25, 0.3) is 0 Å². The number of ether oxygens (including phenoxy) is 4. The quantitative estimate of drug-likeness (QED) is 0.707. The van der Waals surface area contributed by atoms with E-state index in [2.05, 4.69) is 5.32 Å². The monoisotopic (exact) mass is 404 g/mol. The Labute approximate surface area is 164 Å². The summed E-state index contributed by atoms with van der Waals surface area (Å²) in [6, 6.07) is 9.18. The fourth-order valence-corrected chi connectivity index (χ4v) is 2.33. The fraction of sp³-hybridized carbons (Fsp3) is 0.211. The molecule has 1 heterocycles. The van der Waals surface area contributed by atoms with Crippen LogP contribution in [0.15, 0.2) is 42.5 Å². The van der Waals surface area contributed by atoms with Gasteiger partial charge in [-0.05, 0) is 24.3 Å². The van der Waals surface area contributed by atoms with Crippen molar-refractivity contribution in [2.75, 3.05) is 31.7 Å². The van der Waals surface area contributed by atoms with E-state index >= 15 is 0 Å². The molecule has 0 saturated heterocycles. The Kier molecular flexibility index (Phi) is 6.46. The van der Waals surface area contributed by atoms with Gasteiger partial charge in [0.1, 0.15) is 24.8 Å². The normalized spacial score (nSPS) is 11.9. The van der Waals surface area contributed by atoms with Gasteiger partial charge in [0, 0.05) is 17.8 Å². The highest BCUT2D eigenvalue weighted by Crippen LogP contribution is 2.32. The molecule has 0 aromatic heterocycles. The number of esters is 1. The molecule has 3 amide bonds. The Balaban J connectivity index is 1.38. The molecule has 9 nitrogen and oxygen atoms in total. The molecule has 0 radical (unpaired) electrons. The number of hydrogen-bond acceptors (Lipinski definition) is 7. The maximum Gasteiger partial charge on any atom is 0.344 e. The van der Waals surface area contributed by atoms with Gasteiger partial charge in [-0.3, -0.25) is 10.1 Å². The van der Waals surface area contributed by atoms with E-state index in [1.165, 1.54) is 18.2 Å². The minimum atomic E-state index is -0.850. The van der Waals surface area contributed by atoms with Crippen molar-refractivity contribution in [3.8, 4) is 17.2 Å². The van der Waals surface area contributed by atoms with Gasteiger partial charge < -0.3 is 24.3 Å². The molecule has 29 heavy (non-hydrogen) atoms. The van der Waals surface area contributed by atoms with Crippen molar-refractivity contribution in [2.45, 2.75) is 0 Å². The molecule has 2 N–H and O–H groups in total. The van der Waals surface area contributed by atoms with Crippen LogP contribution in [-0.4, -0.2) is 44.3 Å². The molecule has 10 heteroatoms. The molecule has 2 aromatic rings. The first-order chi connectivity index (χ1) is 14.0. The molecule has 1 aliphatic rings. The van der Waals surface area contributed by atoms with Crippen LogP contribution in [0.2, 0.25) is 0 Å². The predicted octanol–water partition coefficient (Wildman–Crippen LogP) is 1.87. The van der Waals surface area contributed by atoms with Crippen molar-refractivity contribution in [1.29, 1.82) is 0 Å². The molecule has 0 bridgehead atoms. The molecule has 0 fully saturated rings. The average Bonchev–Trinajstić information content (AvgIpc) is 2.70. The van der Waals surface area contributed by atoms with E-state index in [0.717, 1.165) is 6.07 Å². The molecule has 0 unspecified atom stereocenters. The number of nitrogens with one attached hydrogen (secondary N) is 2. The number of benzene rings is 2. The van der Waals surface area contributed by atoms with E-state index < -0.39 is 36.9 Å². The summed E-state index contributed by atoms with van der Waals surface area (Å²) in [6.07, 6.45) is 0. The van der Waals surface area contributed by atoms with Crippen LogP contribution in [0.1, 0.15) is 0 Å². The number of rotatable bonds is 6. The third-order valence-electron chi connectivity index (χ3n) is 3.57. The summed E-state index contributed by atoms with van der Waals surface area (Å²) in [5, 5.41) is 4.47. The van der Waals surface area contributed by atoms with Gasteiger partial charge in [0.2, 0.25) is 0 Å². The van der Waals surface area contributed by atoms with Crippen LogP contribution in [-0.2, 0) is 14.3 Å². The molecule has 0 aliphatic carbocycles. The summed E-state index contributed by atoms with van der Waals surface area (Å²) >= 11 is 0. The van der Waals surface area contributed by atoms with Crippen LogP contribution in [0.4, 0.5) is 14.9 Å². The lowest BCUT2D eigenvalue weighted by Gasteiger charge is -2.19. The molecule has 2 aromatic carbocycles. The van der Waals surface area contributed by atoms with Crippen molar-refractivity contribution in [1.82, 2.24) is 5.32 Å². The van der Waals surface area contributed by atoms with Crippen molar-refractivity contribution in [3.05, 3.63) is 48.3 Å². The molecule has 0 atom stereocenters. The zero-order valence-electron chi connectivity index (χ0n) is 15.1. The SMILES string of the molecule is O=C(COC(=O)COc1cccc(F)c1)NC(=O)Nc1ccc2c(c1)OCCO2. The van der Waals surface area contributed by atoms with Crippen LogP contribution in [0.3, 0.4) is 0 Å². The van der Waals surface area contributed by atoms with Gasteiger partial charge in [0.05, 0.1) is 0 Å². The summed E-state index contributed by atoms with van der Waals surface area (Å²) in [4.78, 5) is 35.1. The van der Waals surface area contributed by atoms with Gasteiger partial charge >= 0.3 is 12.0 Å². The topological polar surface area (TPSA) is 112 Å². The summed E-state index contributed by atoms with van der Waals surface area (Å²) < 4.78 is 33.5. The number of halogens is 1. The van der Waals surface area contributed by atoms with Crippen molar-refractivity contribution in [3.63, 3.8) is 0 Å². The van der Waals surface area contributed by atoms with Crippen LogP contribution in [0, 0.1) is 5.82 Å². The average molecular weight is 404 g/mol. The third-order valence-corrected chi connectivity index (χ3v) is 3.57. The predicted molar refractivity (Wildman–Crippen MR) is 97.4 cm³/mol. The van der Waals surface area contributed by atoms with Crippen molar-refractivity contribution >= 4 is 23.6 Å². The number of anilines is 1. The Hall–Kier alpha value is -3.82. The number of imide groups is 1. The Morgan fingerprint density at radius 3 is 2.59 bits per heavy atom. The van der Waals surface area contributed by atoms with Crippen LogP contribution in [0.5, 0.6) is 17.2 Å². The van der Waals surface area contributed by atoms with E-state index in [1.54, 1.807) is 18.2 Å². The van der Waals surface area contributed by atoms with Gasteiger partial charge in [-0.1, -0.05) is 6.07 Å². The lowest BCUT2D eigenvalue weighted by Crippen LogP contribution is -2.37. The summed E-state index contributed by atoms with van der Waals surface area (Å²) in [5.74, 6) is -1.02. The molecule has 152 valence electrons. The number of carbonyl (C=O) groups is 3. The molecular weight excluding hydrogens is 387 g/mol. The lowest BCUT2D eigenvalue weighted by atomic mass is 10.2. The molecule has 0 spiro atoms. The van der Waals surface area contributed by atoms with Crippen LogP contribution < -0.4 is 24.8 Å². The first-order valence-electron chi connectivity index (χ1n) is 8.54. The standard InChI is InChI=1S/C19H17FN2O7/c20-12-2-1-3-14(8-12)28-11-18(24)29-10-17(23)22-19(25)21-13-4-5-15-16(9-13)27-7-6-26-15/h1-5,8-9H,6-7,10-11H2,(H2,21,22,23,25). The van der Waals surface area contributed by atoms with E-state index in [1.807, 2.05) is 5.32 Å². The van der Waals surface area contributed by atoms with Crippen LogP contribution >= 0.6 is 0 Å². The van der Waals surface area contributed by atoms with Gasteiger partial charge in [0.15, 0.2) is 24.7 Å². The second-order valence-corrected chi connectivity index (χ2v) is 5.77. The number of carbonyl (C=O) groups excluding carboxylic acids is 3. The third kappa shape index (κ3) is 6.09. The molecule has 3 rings (SSSR count). The number of hydrogen-bond donors (Lipinski definition) is 2. The largest absolute Gasteiger partial charge is 0.486 e. The molecule has 1 aliphatic heterocycles. The highest BCUT2D eigenvalue weighted by Gasteiger charge is 2.15. The highest BCUT2D eigenvalue weighted by atomic mass is 19.1. The zero-order chi connectivity index (χ0) is 20.6. The fourth-order valence-electron chi connectivity index (χ4n) is 2.33. The Bertz CT molecular complexity index is 919. The first kappa shape index (κ1) is 19.9. The Morgan fingerprint density at radius 1 is 1.00 bits per heavy atom. The van der Waals surface area contributed by atoms with Crippen molar-refractivity contribution in [2.24, 2.45) is 0 Å². The molecular formula is C19H17FN2O7. The minimum Gasteiger partial charge on any atom is -0.486 e. The maximum absolute atomic E-state index is 13.0. The zero-order valence-corrected chi connectivity index (χ0v) is 15.1. The number of amides is 3. The summed E-state index contributed by atoms with van der Waals surface area (Å²) in [5.41, 5.74) is 0.389. The maximum atomic E-state index is 13.0. The lowest BCUT2D eigenvalue weighted by molar-refractivity contribution is -0.150. The van der Waals surface area contributed by atoms with E-state index in [9.17, 15) is 18.8 Å². The number of urea groups is 1. The van der Waals surface area contributed by atoms with E-state index in [4.69, 9.17) is 18.9 Å². The van der Waals surface area contributed by atoms with Gasteiger partial charge in [0.25, 0.3) is 5.91 Å².